The van der Waals surface area contributed by atoms with Crippen LogP contribution in [0.15, 0.2) is 18.3 Å². The van der Waals surface area contributed by atoms with Crippen LogP contribution in [0.25, 0.3) is 0 Å². The fourth-order valence-corrected chi connectivity index (χ4v) is 3.44. The van der Waals surface area contributed by atoms with E-state index in [4.69, 9.17) is 4.74 Å². The van der Waals surface area contributed by atoms with E-state index in [2.05, 4.69) is 10.3 Å². The van der Waals surface area contributed by atoms with Gasteiger partial charge in [0.2, 0.25) is 17.7 Å². The molecule has 0 saturated carbocycles. The lowest BCUT2D eigenvalue weighted by Crippen LogP contribution is -2.54. The summed E-state index contributed by atoms with van der Waals surface area (Å²) in [6, 6.07) is 3.50. The van der Waals surface area contributed by atoms with Crippen molar-refractivity contribution in [2.24, 2.45) is 5.92 Å². The first-order valence-electron chi connectivity index (χ1n) is 8.68. The number of piperidine rings is 2. The van der Waals surface area contributed by atoms with E-state index < -0.39 is 0 Å². The quantitative estimate of drug-likeness (QED) is 0.915. The monoisotopic (exact) mass is 331 g/mol. The van der Waals surface area contributed by atoms with Gasteiger partial charge < -0.3 is 15.0 Å². The van der Waals surface area contributed by atoms with Crippen LogP contribution >= 0.6 is 0 Å². The highest BCUT2D eigenvalue weighted by atomic mass is 16.5. The van der Waals surface area contributed by atoms with Gasteiger partial charge in [-0.1, -0.05) is 6.92 Å². The van der Waals surface area contributed by atoms with Gasteiger partial charge in [-0.25, -0.2) is 4.98 Å². The van der Waals surface area contributed by atoms with E-state index in [0.717, 1.165) is 24.8 Å². The number of rotatable bonds is 3. The first-order valence-corrected chi connectivity index (χ1v) is 8.68. The van der Waals surface area contributed by atoms with Crippen LogP contribution in [0.1, 0.15) is 38.2 Å². The number of aromatic nitrogens is 1. The van der Waals surface area contributed by atoms with Crippen LogP contribution in [0.5, 0.6) is 5.88 Å². The molecule has 3 rings (SSSR count). The van der Waals surface area contributed by atoms with Crippen LogP contribution in [-0.2, 0) is 9.59 Å². The van der Waals surface area contributed by atoms with Gasteiger partial charge in [0.15, 0.2) is 0 Å². The van der Waals surface area contributed by atoms with Crippen molar-refractivity contribution in [1.82, 2.24) is 15.2 Å². The van der Waals surface area contributed by atoms with Crippen molar-refractivity contribution in [2.45, 2.75) is 51.7 Å². The maximum Gasteiger partial charge on any atom is 0.245 e. The lowest BCUT2D eigenvalue weighted by molar-refractivity contribution is -0.140. The Hall–Kier alpha value is -2.11. The molecule has 6 heteroatoms. The van der Waals surface area contributed by atoms with Gasteiger partial charge in [0, 0.05) is 44.6 Å². The van der Waals surface area contributed by atoms with E-state index in [-0.39, 0.29) is 29.9 Å². The van der Waals surface area contributed by atoms with E-state index in [9.17, 15) is 9.59 Å². The molecule has 130 valence electrons. The summed E-state index contributed by atoms with van der Waals surface area (Å²) < 4.78 is 5.92. The summed E-state index contributed by atoms with van der Waals surface area (Å²) in [7, 11) is 0. The Labute approximate surface area is 142 Å². The van der Waals surface area contributed by atoms with Crippen LogP contribution in [0.4, 0.5) is 0 Å². The molecule has 0 aliphatic carbocycles. The third-order valence-electron chi connectivity index (χ3n) is 4.74. The third kappa shape index (κ3) is 4.04. The highest BCUT2D eigenvalue weighted by Crippen LogP contribution is 2.21. The lowest BCUT2D eigenvalue weighted by Gasteiger charge is -2.36. The van der Waals surface area contributed by atoms with E-state index >= 15 is 0 Å². The normalized spacial score (nSPS) is 25.2. The van der Waals surface area contributed by atoms with Gasteiger partial charge >= 0.3 is 0 Å². The number of likely N-dealkylation sites (tertiary alicyclic amines) is 1. The minimum Gasteiger partial charge on any atom is -0.474 e. The molecular formula is C18H25N3O3. The number of ether oxygens (including phenoxy) is 1. The number of hydrogen-bond donors (Lipinski definition) is 1. The molecule has 2 aliphatic rings. The van der Waals surface area contributed by atoms with Gasteiger partial charge in [-0.15, -0.1) is 0 Å². The molecule has 1 aromatic rings. The van der Waals surface area contributed by atoms with Crippen molar-refractivity contribution < 1.29 is 14.3 Å². The van der Waals surface area contributed by atoms with Crippen molar-refractivity contribution in [3.05, 3.63) is 23.9 Å². The van der Waals surface area contributed by atoms with Gasteiger partial charge in [-0.3, -0.25) is 9.59 Å². The molecule has 0 radical (unpaired) electrons. The summed E-state index contributed by atoms with van der Waals surface area (Å²) in [5.41, 5.74) is 1.12. The Bertz CT molecular complexity index is 611. The third-order valence-corrected chi connectivity index (χ3v) is 4.74. The second-order valence-corrected chi connectivity index (χ2v) is 6.98. The molecule has 2 amide bonds. The Morgan fingerprint density at radius 3 is 2.79 bits per heavy atom. The van der Waals surface area contributed by atoms with Crippen molar-refractivity contribution in [3.8, 4) is 5.88 Å². The fourth-order valence-electron chi connectivity index (χ4n) is 3.44. The molecule has 24 heavy (non-hydrogen) atoms. The van der Waals surface area contributed by atoms with Crippen LogP contribution in [0.2, 0.25) is 0 Å². The highest BCUT2D eigenvalue weighted by molar-refractivity contribution is 5.88. The average Bonchev–Trinajstić information content (AvgIpc) is 2.54. The SMILES string of the molecule is Cc1ccnc(OC2CCN(C(=O)[C@@H]3C[C@H](C)CC(=O)N3)CC2)c1. The zero-order valence-electron chi connectivity index (χ0n) is 14.3. The standard InChI is InChI=1S/C18H25N3O3/c1-12-3-6-19-17(11-12)24-14-4-7-21(8-5-14)18(23)15-9-13(2)10-16(22)20-15/h3,6,11,13-15H,4-5,7-10H2,1-2H3,(H,20,22)/t13-,15-/m0/s1. The Balaban J connectivity index is 1.51. The number of carbonyl (C=O) groups is 2. The maximum atomic E-state index is 12.6. The zero-order chi connectivity index (χ0) is 17.1. The topological polar surface area (TPSA) is 71.5 Å². The molecule has 0 unspecified atom stereocenters. The van der Waals surface area contributed by atoms with Crippen LogP contribution in [-0.4, -0.2) is 46.9 Å². The first kappa shape index (κ1) is 16.7. The number of aryl methyl sites for hydroxylation is 1. The Morgan fingerprint density at radius 2 is 2.12 bits per heavy atom. The molecule has 0 spiro atoms. The van der Waals surface area contributed by atoms with Crippen LogP contribution in [0.3, 0.4) is 0 Å². The maximum absolute atomic E-state index is 12.6. The number of amides is 2. The molecule has 2 saturated heterocycles. The number of pyridine rings is 1. The van der Waals surface area contributed by atoms with Crippen LogP contribution < -0.4 is 10.1 Å². The van der Waals surface area contributed by atoms with Gasteiger partial charge in [0.05, 0.1) is 0 Å². The van der Waals surface area contributed by atoms with E-state index in [1.165, 1.54) is 0 Å². The van der Waals surface area contributed by atoms with Gasteiger partial charge in [-0.2, -0.15) is 0 Å². The predicted octanol–water partition coefficient (Wildman–Crippen LogP) is 1.67. The molecule has 2 aliphatic heterocycles. The summed E-state index contributed by atoms with van der Waals surface area (Å²) in [5, 5.41) is 2.83. The average molecular weight is 331 g/mol. The lowest BCUT2D eigenvalue weighted by atomic mass is 9.92. The van der Waals surface area contributed by atoms with E-state index in [1.54, 1.807) is 6.20 Å². The van der Waals surface area contributed by atoms with E-state index in [0.29, 0.717) is 25.4 Å². The number of carbonyl (C=O) groups excluding carboxylic acids is 2. The predicted molar refractivity (Wildman–Crippen MR) is 89.5 cm³/mol. The fraction of sp³-hybridized carbons (Fsp3) is 0.611. The minimum atomic E-state index is -0.364. The summed E-state index contributed by atoms with van der Waals surface area (Å²) in [4.78, 5) is 30.3. The molecule has 2 atom stereocenters. The van der Waals surface area contributed by atoms with Crippen molar-refractivity contribution in [3.63, 3.8) is 0 Å². The molecule has 1 aromatic heterocycles. The zero-order valence-corrected chi connectivity index (χ0v) is 14.3. The summed E-state index contributed by atoms with van der Waals surface area (Å²) in [6.45, 7) is 5.36. The first-order chi connectivity index (χ1) is 11.5. The Kier molecular flexibility index (Phi) is 5.02. The van der Waals surface area contributed by atoms with Gasteiger partial charge in [-0.05, 0) is 30.9 Å². The molecule has 1 N–H and O–H groups in total. The Morgan fingerprint density at radius 1 is 1.38 bits per heavy atom. The molecule has 0 aromatic carbocycles. The van der Waals surface area contributed by atoms with Crippen molar-refractivity contribution in [1.29, 1.82) is 0 Å². The van der Waals surface area contributed by atoms with Crippen molar-refractivity contribution >= 4 is 11.8 Å². The van der Waals surface area contributed by atoms with E-state index in [1.807, 2.05) is 30.9 Å². The second kappa shape index (κ2) is 7.20. The number of nitrogens with zero attached hydrogens (tertiary/aromatic N) is 2. The van der Waals surface area contributed by atoms with Crippen LogP contribution in [0, 0.1) is 12.8 Å². The highest BCUT2D eigenvalue weighted by Gasteiger charge is 2.33. The number of hydrogen-bond acceptors (Lipinski definition) is 4. The van der Waals surface area contributed by atoms with Gasteiger partial charge in [0.25, 0.3) is 0 Å². The summed E-state index contributed by atoms with van der Waals surface area (Å²) >= 11 is 0. The van der Waals surface area contributed by atoms with Crippen molar-refractivity contribution in [2.75, 3.05) is 13.1 Å². The summed E-state index contributed by atoms with van der Waals surface area (Å²) in [6.07, 6.45) is 4.66. The smallest absolute Gasteiger partial charge is 0.245 e. The molecule has 3 heterocycles. The molecule has 6 nitrogen and oxygen atoms in total. The molecular weight excluding hydrogens is 306 g/mol. The summed E-state index contributed by atoms with van der Waals surface area (Å²) in [5.74, 6) is 0.937. The minimum absolute atomic E-state index is 0.0177. The number of nitrogens with one attached hydrogen (secondary N) is 1. The second-order valence-electron chi connectivity index (χ2n) is 6.98. The van der Waals surface area contributed by atoms with Gasteiger partial charge in [0.1, 0.15) is 12.1 Å². The molecule has 0 bridgehead atoms. The largest absolute Gasteiger partial charge is 0.474 e. The molecule has 2 fully saturated rings.